The van der Waals surface area contributed by atoms with E-state index in [0.29, 0.717) is 18.8 Å². The van der Waals surface area contributed by atoms with Crippen molar-refractivity contribution in [3.05, 3.63) is 23.4 Å². The van der Waals surface area contributed by atoms with Crippen molar-refractivity contribution in [3.8, 4) is 0 Å². The van der Waals surface area contributed by atoms with Crippen molar-refractivity contribution < 1.29 is 13.2 Å². The van der Waals surface area contributed by atoms with Gasteiger partial charge in [0.1, 0.15) is 5.82 Å². The Morgan fingerprint density at radius 1 is 1.42 bits per heavy atom. The van der Waals surface area contributed by atoms with Gasteiger partial charge in [-0.25, -0.2) is 4.98 Å². The average molecular weight is 273 g/mol. The first kappa shape index (κ1) is 14.1. The predicted octanol–water partition coefficient (Wildman–Crippen LogP) is 2.63. The lowest BCUT2D eigenvalue weighted by Gasteiger charge is -2.35. The Morgan fingerprint density at radius 2 is 2.16 bits per heavy atom. The number of anilines is 1. The molecule has 1 atom stereocenters. The van der Waals surface area contributed by atoms with Crippen LogP contribution in [0.3, 0.4) is 0 Å². The van der Waals surface area contributed by atoms with Crippen LogP contribution in [0.1, 0.15) is 24.1 Å². The number of nitrogens with zero attached hydrogens (tertiary/aromatic N) is 2. The molecule has 0 aliphatic carbocycles. The standard InChI is InChI=1S/C13H18F3N3/c1-9-4-5-10(7-17)12(18-9)19-6-2-3-11(8-19)13(14,15)16/h4-5,11H,2-3,6-8,17H2,1H3. The highest BCUT2D eigenvalue weighted by Gasteiger charge is 2.42. The Kier molecular flexibility index (Phi) is 3.99. The molecule has 0 spiro atoms. The Hall–Kier alpha value is -1.30. The summed E-state index contributed by atoms with van der Waals surface area (Å²) in [6, 6.07) is 3.67. The van der Waals surface area contributed by atoms with E-state index in [1.54, 1.807) is 4.90 Å². The van der Waals surface area contributed by atoms with Crippen LogP contribution in [0, 0.1) is 12.8 Å². The molecule has 1 unspecified atom stereocenters. The molecule has 0 amide bonds. The highest BCUT2D eigenvalue weighted by Crippen LogP contribution is 2.35. The van der Waals surface area contributed by atoms with Gasteiger partial charge >= 0.3 is 6.18 Å². The number of halogens is 3. The maximum atomic E-state index is 12.8. The van der Waals surface area contributed by atoms with Crippen LogP contribution in [0.25, 0.3) is 0 Å². The highest BCUT2D eigenvalue weighted by atomic mass is 19.4. The lowest BCUT2D eigenvalue weighted by Crippen LogP contribution is -2.42. The van der Waals surface area contributed by atoms with Crippen molar-refractivity contribution in [2.75, 3.05) is 18.0 Å². The van der Waals surface area contributed by atoms with Crippen molar-refractivity contribution in [2.45, 2.75) is 32.5 Å². The zero-order valence-corrected chi connectivity index (χ0v) is 10.9. The van der Waals surface area contributed by atoms with Crippen LogP contribution in [-0.4, -0.2) is 24.2 Å². The molecule has 1 aromatic rings. The highest BCUT2D eigenvalue weighted by molar-refractivity contribution is 5.48. The molecule has 0 aromatic carbocycles. The van der Waals surface area contributed by atoms with Gasteiger partial charge in [-0.05, 0) is 25.8 Å². The first-order valence-corrected chi connectivity index (χ1v) is 6.40. The van der Waals surface area contributed by atoms with Crippen LogP contribution in [0.15, 0.2) is 12.1 Å². The van der Waals surface area contributed by atoms with E-state index in [9.17, 15) is 13.2 Å². The fourth-order valence-electron chi connectivity index (χ4n) is 2.44. The molecule has 1 fully saturated rings. The van der Waals surface area contributed by atoms with Crippen molar-refractivity contribution in [2.24, 2.45) is 11.7 Å². The zero-order valence-electron chi connectivity index (χ0n) is 10.9. The largest absolute Gasteiger partial charge is 0.393 e. The van der Waals surface area contributed by atoms with Gasteiger partial charge in [-0.2, -0.15) is 13.2 Å². The summed E-state index contributed by atoms with van der Waals surface area (Å²) < 4.78 is 38.5. The lowest BCUT2D eigenvalue weighted by molar-refractivity contribution is -0.176. The van der Waals surface area contributed by atoms with Crippen molar-refractivity contribution >= 4 is 5.82 Å². The molecule has 0 saturated carbocycles. The Bertz CT molecular complexity index is 445. The van der Waals surface area contributed by atoms with Gasteiger partial charge in [-0.15, -0.1) is 0 Å². The van der Waals surface area contributed by atoms with E-state index in [1.165, 1.54) is 0 Å². The first-order chi connectivity index (χ1) is 8.91. The molecular formula is C13H18F3N3. The fraction of sp³-hybridized carbons (Fsp3) is 0.615. The molecule has 3 nitrogen and oxygen atoms in total. The van der Waals surface area contributed by atoms with Crippen molar-refractivity contribution in [1.29, 1.82) is 0 Å². The molecule has 1 saturated heterocycles. The van der Waals surface area contributed by atoms with E-state index in [2.05, 4.69) is 4.98 Å². The number of piperidine rings is 1. The minimum Gasteiger partial charge on any atom is -0.356 e. The summed E-state index contributed by atoms with van der Waals surface area (Å²) in [6.45, 7) is 2.70. The molecule has 2 N–H and O–H groups in total. The van der Waals surface area contributed by atoms with Crippen LogP contribution < -0.4 is 10.6 Å². The summed E-state index contributed by atoms with van der Waals surface area (Å²) in [5.41, 5.74) is 7.23. The monoisotopic (exact) mass is 273 g/mol. The van der Waals surface area contributed by atoms with Gasteiger partial charge in [0.15, 0.2) is 0 Å². The Balaban J connectivity index is 2.24. The maximum Gasteiger partial charge on any atom is 0.393 e. The zero-order chi connectivity index (χ0) is 14.0. The van der Waals surface area contributed by atoms with Gasteiger partial charge < -0.3 is 10.6 Å². The van der Waals surface area contributed by atoms with Gasteiger partial charge in [0.05, 0.1) is 5.92 Å². The molecule has 6 heteroatoms. The van der Waals surface area contributed by atoms with E-state index >= 15 is 0 Å². The third-order valence-corrected chi connectivity index (χ3v) is 3.50. The molecule has 0 radical (unpaired) electrons. The van der Waals surface area contributed by atoms with E-state index in [-0.39, 0.29) is 19.5 Å². The second-order valence-electron chi connectivity index (χ2n) is 4.97. The number of hydrogen-bond acceptors (Lipinski definition) is 3. The first-order valence-electron chi connectivity index (χ1n) is 6.40. The summed E-state index contributed by atoms with van der Waals surface area (Å²) in [7, 11) is 0. The summed E-state index contributed by atoms with van der Waals surface area (Å²) in [5.74, 6) is -0.661. The minimum absolute atomic E-state index is 0.0209. The average Bonchev–Trinajstić information content (AvgIpc) is 2.38. The van der Waals surface area contributed by atoms with Crippen LogP contribution in [-0.2, 0) is 6.54 Å². The van der Waals surface area contributed by atoms with Crippen LogP contribution in [0.2, 0.25) is 0 Å². The van der Waals surface area contributed by atoms with Crippen LogP contribution in [0.5, 0.6) is 0 Å². The number of pyridine rings is 1. The second-order valence-corrected chi connectivity index (χ2v) is 4.97. The SMILES string of the molecule is Cc1ccc(CN)c(N2CCCC(C(F)(F)F)C2)n1. The number of hydrogen-bond donors (Lipinski definition) is 1. The molecule has 106 valence electrons. The number of aromatic nitrogens is 1. The van der Waals surface area contributed by atoms with E-state index in [0.717, 1.165) is 11.3 Å². The van der Waals surface area contributed by atoms with Gasteiger partial charge in [0, 0.05) is 30.9 Å². The quantitative estimate of drug-likeness (QED) is 0.900. The molecule has 0 bridgehead atoms. The molecule has 2 rings (SSSR count). The summed E-state index contributed by atoms with van der Waals surface area (Å²) in [5, 5.41) is 0. The van der Waals surface area contributed by atoms with E-state index in [4.69, 9.17) is 5.73 Å². The summed E-state index contributed by atoms with van der Waals surface area (Å²) in [4.78, 5) is 6.08. The summed E-state index contributed by atoms with van der Waals surface area (Å²) >= 11 is 0. The smallest absolute Gasteiger partial charge is 0.356 e. The number of alkyl halides is 3. The predicted molar refractivity (Wildman–Crippen MR) is 67.9 cm³/mol. The molecule has 1 aliphatic rings. The number of nitrogens with two attached hydrogens (primary N) is 1. The molecule has 19 heavy (non-hydrogen) atoms. The van der Waals surface area contributed by atoms with E-state index < -0.39 is 12.1 Å². The third-order valence-electron chi connectivity index (χ3n) is 3.50. The van der Waals surface area contributed by atoms with Gasteiger partial charge in [0.25, 0.3) is 0 Å². The van der Waals surface area contributed by atoms with Crippen LogP contribution >= 0.6 is 0 Å². The summed E-state index contributed by atoms with van der Waals surface area (Å²) in [6.07, 6.45) is -3.40. The normalized spacial score (nSPS) is 20.7. The number of aryl methyl sites for hydroxylation is 1. The van der Waals surface area contributed by atoms with Gasteiger partial charge in [0.2, 0.25) is 0 Å². The Morgan fingerprint density at radius 3 is 2.79 bits per heavy atom. The van der Waals surface area contributed by atoms with Crippen LogP contribution in [0.4, 0.5) is 19.0 Å². The molecular weight excluding hydrogens is 255 g/mol. The molecule has 1 aliphatic heterocycles. The van der Waals surface area contributed by atoms with Gasteiger partial charge in [-0.3, -0.25) is 0 Å². The number of rotatable bonds is 2. The molecule has 2 heterocycles. The Labute approximate surface area is 110 Å². The molecule has 1 aromatic heterocycles. The lowest BCUT2D eigenvalue weighted by atomic mass is 9.97. The third kappa shape index (κ3) is 3.18. The van der Waals surface area contributed by atoms with E-state index in [1.807, 2.05) is 19.1 Å². The van der Waals surface area contributed by atoms with Gasteiger partial charge in [-0.1, -0.05) is 6.07 Å². The van der Waals surface area contributed by atoms with Crippen molar-refractivity contribution in [1.82, 2.24) is 4.98 Å². The fourth-order valence-corrected chi connectivity index (χ4v) is 2.44. The van der Waals surface area contributed by atoms with Crippen molar-refractivity contribution in [3.63, 3.8) is 0 Å². The maximum absolute atomic E-state index is 12.8. The topological polar surface area (TPSA) is 42.1 Å². The second kappa shape index (κ2) is 5.36. The minimum atomic E-state index is -4.13.